The minimum absolute atomic E-state index is 0.0405. The molecule has 0 aliphatic carbocycles. The molecule has 1 atom stereocenters. The number of nitrogens with one attached hydrogen (secondary N) is 2. The average molecular weight is 359 g/mol. The minimum Gasteiger partial charge on any atom is -0.361 e. The second-order valence-electron chi connectivity index (χ2n) is 5.16. The molecule has 3 rings (SSSR count). The molecule has 1 aromatic heterocycles. The summed E-state index contributed by atoms with van der Waals surface area (Å²) in [4.78, 5) is 12.2. The van der Waals surface area contributed by atoms with Gasteiger partial charge in [0.25, 0.3) is 5.91 Å². The molecule has 2 heterocycles. The molecule has 23 heavy (non-hydrogen) atoms. The first-order chi connectivity index (χ1) is 10.7. The Labute approximate surface area is 136 Å². The van der Waals surface area contributed by atoms with Gasteiger partial charge in [-0.3, -0.25) is 9.48 Å². The van der Waals surface area contributed by atoms with Gasteiger partial charge in [-0.1, -0.05) is 11.6 Å². The fraction of sp³-hybridized carbons (Fsp3) is 0.231. The highest BCUT2D eigenvalue weighted by Crippen LogP contribution is 2.32. The maximum atomic E-state index is 13.9. The second-order valence-corrected chi connectivity index (χ2v) is 7.53. The molecule has 1 aliphatic rings. The normalized spacial score (nSPS) is 17.4. The van der Waals surface area contributed by atoms with Crippen LogP contribution in [0.15, 0.2) is 23.4 Å². The number of halogens is 2. The van der Waals surface area contributed by atoms with Gasteiger partial charge in [0.15, 0.2) is 14.9 Å². The number of hydrogen-bond donors (Lipinski definition) is 2. The van der Waals surface area contributed by atoms with E-state index in [0.717, 1.165) is 12.3 Å². The Morgan fingerprint density at radius 1 is 1.35 bits per heavy atom. The summed E-state index contributed by atoms with van der Waals surface area (Å²) in [6, 6.07) is 2.44. The van der Waals surface area contributed by atoms with E-state index in [2.05, 4.69) is 15.7 Å². The second kappa shape index (κ2) is 5.20. The number of sulfone groups is 1. The molecule has 0 radical (unpaired) electrons. The van der Waals surface area contributed by atoms with Gasteiger partial charge in [-0.2, -0.15) is 5.10 Å². The monoisotopic (exact) mass is 358 g/mol. The number of benzene rings is 1. The van der Waals surface area contributed by atoms with E-state index in [9.17, 15) is 17.6 Å². The Bertz CT molecular complexity index is 926. The third-order valence-electron chi connectivity index (χ3n) is 3.43. The van der Waals surface area contributed by atoms with E-state index >= 15 is 0 Å². The fourth-order valence-corrected chi connectivity index (χ4v) is 3.89. The SMILES string of the molecule is Cn1ncc(C2NC(=O)c3c(F)cc(Cl)cc3N2)c1S(C)(=O)=O. The lowest BCUT2D eigenvalue weighted by molar-refractivity contribution is 0.0930. The zero-order valence-electron chi connectivity index (χ0n) is 12.1. The first-order valence-corrected chi connectivity index (χ1v) is 8.74. The van der Waals surface area contributed by atoms with Crippen molar-refractivity contribution in [3.63, 3.8) is 0 Å². The predicted octanol–water partition coefficient (Wildman–Crippen LogP) is 1.47. The molecule has 122 valence electrons. The predicted molar refractivity (Wildman–Crippen MR) is 81.6 cm³/mol. The topological polar surface area (TPSA) is 93.1 Å². The van der Waals surface area contributed by atoms with Crippen molar-refractivity contribution < 1.29 is 17.6 Å². The molecule has 1 amide bonds. The Morgan fingerprint density at radius 2 is 2.04 bits per heavy atom. The Morgan fingerprint density at radius 3 is 2.70 bits per heavy atom. The van der Waals surface area contributed by atoms with Crippen molar-refractivity contribution in [3.8, 4) is 0 Å². The van der Waals surface area contributed by atoms with Gasteiger partial charge < -0.3 is 10.6 Å². The molecule has 0 bridgehead atoms. The van der Waals surface area contributed by atoms with Gasteiger partial charge >= 0.3 is 0 Å². The smallest absolute Gasteiger partial charge is 0.258 e. The number of amides is 1. The molecule has 2 N–H and O–H groups in total. The van der Waals surface area contributed by atoms with E-state index in [-0.39, 0.29) is 26.9 Å². The van der Waals surface area contributed by atoms with Crippen molar-refractivity contribution >= 4 is 33.0 Å². The molecule has 10 heteroatoms. The van der Waals surface area contributed by atoms with Crippen LogP contribution in [0.5, 0.6) is 0 Å². The summed E-state index contributed by atoms with van der Waals surface area (Å²) in [7, 11) is -2.09. The van der Waals surface area contributed by atoms with Crippen LogP contribution >= 0.6 is 11.6 Å². The van der Waals surface area contributed by atoms with Crippen molar-refractivity contribution in [3.05, 3.63) is 40.3 Å². The quantitative estimate of drug-likeness (QED) is 0.848. The molecule has 1 aliphatic heterocycles. The summed E-state index contributed by atoms with van der Waals surface area (Å²) < 4.78 is 39.0. The van der Waals surface area contributed by atoms with Crippen molar-refractivity contribution in [2.45, 2.75) is 11.2 Å². The molecular weight excluding hydrogens is 347 g/mol. The highest BCUT2D eigenvalue weighted by atomic mass is 35.5. The van der Waals surface area contributed by atoms with Crippen molar-refractivity contribution in [1.29, 1.82) is 0 Å². The van der Waals surface area contributed by atoms with E-state index in [0.29, 0.717) is 0 Å². The fourth-order valence-electron chi connectivity index (χ4n) is 2.56. The molecule has 1 aromatic carbocycles. The maximum absolute atomic E-state index is 13.9. The van der Waals surface area contributed by atoms with E-state index in [1.165, 1.54) is 24.0 Å². The van der Waals surface area contributed by atoms with Gasteiger partial charge in [0.2, 0.25) is 0 Å². The van der Waals surface area contributed by atoms with Crippen LogP contribution in [0, 0.1) is 5.82 Å². The number of carbonyl (C=O) groups is 1. The molecule has 0 fully saturated rings. The largest absolute Gasteiger partial charge is 0.361 e. The maximum Gasteiger partial charge on any atom is 0.258 e. The van der Waals surface area contributed by atoms with Crippen molar-refractivity contribution in [1.82, 2.24) is 15.1 Å². The Hall–Kier alpha value is -2.13. The summed E-state index contributed by atoms with van der Waals surface area (Å²) in [5.41, 5.74) is 0.275. The molecule has 2 aromatic rings. The zero-order chi connectivity index (χ0) is 16.9. The van der Waals surface area contributed by atoms with Crippen LogP contribution in [0.1, 0.15) is 22.1 Å². The molecule has 7 nitrogen and oxygen atoms in total. The first kappa shape index (κ1) is 15.8. The Balaban J connectivity index is 2.10. The van der Waals surface area contributed by atoms with Crippen molar-refractivity contribution in [2.24, 2.45) is 7.05 Å². The number of aryl methyl sites for hydroxylation is 1. The molecule has 1 unspecified atom stereocenters. The van der Waals surface area contributed by atoms with Crippen LogP contribution in [-0.2, 0) is 16.9 Å². The first-order valence-electron chi connectivity index (χ1n) is 6.47. The third kappa shape index (κ3) is 2.66. The van der Waals surface area contributed by atoms with Crippen LogP contribution < -0.4 is 10.6 Å². The van der Waals surface area contributed by atoms with Gasteiger partial charge in [-0.25, -0.2) is 12.8 Å². The summed E-state index contributed by atoms with van der Waals surface area (Å²) in [5, 5.41) is 9.40. The summed E-state index contributed by atoms with van der Waals surface area (Å²) in [6.07, 6.45) is 1.51. The highest BCUT2D eigenvalue weighted by Gasteiger charge is 2.32. The van der Waals surface area contributed by atoms with Gasteiger partial charge in [0.1, 0.15) is 12.0 Å². The summed E-state index contributed by atoms with van der Waals surface area (Å²) in [5.74, 6) is -1.42. The molecule has 0 saturated heterocycles. The van der Waals surface area contributed by atoms with Crippen LogP contribution in [0.25, 0.3) is 0 Å². The highest BCUT2D eigenvalue weighted by molar-refractivity contribution is 7.90. The van der Waals surface area contributed by atoms with Crippen LogP contribution in [0.2, 0.25) is 5.02 Å². The summed E-state index contributed by atoms with van der Waals surface area (Å²) >= 11 is 5.81. The van der Waals surface area contributed by atoms with Crippen LogP contribution in [-0.4, -0.2) is 30.4 Å². The number of aromatic nitrogens is 2. The zero-order valence-corrected chi connectivity index (χ0v) is 13.7. The average Bonchev–Trinajstić information content (AvgIpc) is 2.79. The minimum atomic E-state index is -3.57. The van der Waals surface area contributed by atoms with Gasteiger partial charge in [0, 0.05) is 18.3 Å². The lowest BCUT2D eigenvalue weighted by atomic mass is 10.1. The molecule has 0 spiro atoms. The van der Waals surface area contributed by atoms with Crippen LogP contribution in [0.4, 0.5) is 10.1 Å². The molecule has 0 saturated carbocycles. The van der Waals surface area contributed by atoms with Gasteiger partial charge in [-0.15, -0.1) is 0 Å². The van der Waals surface area contributed by atoms with E-state index in [4.69, 9.17) is 11.6 Å². The number of anilines is 1. The number of hydrogen-bond acceptors (Lipinski definition) is 5. The standard InChI is InChI=1S/C13H12ClFN4O3S/c1-19-13(23(2,21)22)7(5-16-19)11-17-9-4-6(14)3-8(15)10(9)12(20)18-11/h3-5,11,17H,1-2H3,(H,18,20). The number of nitrogens with zero attached hydrogens (tertiary/aromatic N) is 2. The van der Waals surface area contributed by atoms with E-state index < -0.39 is 27.7 Å². The summed E-state index contributed by atoms with van der Waals surface area (Å²) in [6.45, 7) is 0. The third-order valence-corrected chi connectivity index (χ3v) is 4.85. The number of rotatable bonds is 2. The lowest BCUT2D eigenvalue weighted by Gasteiger charge is -2.28. The molecular formula is C13H12ClFN4O3S. The Kier molecular flexibility index (Phi) is 3.56. The van der Waals surface area contributed by atoms with Crippen molar-refractivity contribution in [2.75, 3.05) is 11.6 Å². The number of carbonyl (C=O) groups excluding carboxylic acids is 1. The lowest BCUT2D eigenvalue weighted by Crippen LogP contribution is -2.39. The van der Waals surface area contributed by atoms with E-state index in [1.54, 1.807) is 0 Å². The van der Waals surface area contributed by atoms with E-state index in [1.807, 2.05) is 0 Å². The van der Waals surface area contributed by atoms with Crippen LogP contribution in [0.3, 0.4) is 0 Å². The number of fused-ring (bicyclic) bond motifs is 1. The van der Waals surface area contributed by atoms with Gasteiger partial charge in [-0.05, 0) is 12.1 Å². The van der Waals surface area contributed by atoms with Gasteiger partial charge in [0.05, 0.1) is 23.0 Å².